The van der Waals surface area contributed by atoms with Crippen LogP contribution in [0.4, 0.5) is 11.5 Å². The standard InChI is InChI=1S/C28H44N6/c1-7-14-23(3)15-11-12-19-33(6)20-13-18-30-22-34-28(27(29-5)21-31-34)32-26(8-2)25-17-10-9-16-24(25)4/h9-11,14-17,21,29-30H,7-8,12-13,18-20,22H2,1-6H3/b15-11-,23-14-,32-26+. The predicted molar refractivity (Wildman–Crippen MR) is 147 cm³/mol. The fourth-order valence-corrected chi connectivity index (χ4v) is 3.87. The van der Waals surface area contributed by atoms with Crippen LogP contribution in [-0.2, 0) is 6.67 Å². The second kappa shape index (κ2) is 15.3. The molecule has 2 aromatic rings. The molecule has 0 saturated heterocycles. The van der Waals surface area contributed by atoms with Crippen molar-refractivity contribution in [1.29, 1.82) is 0 Å². The van der Waals surface area contributed by atoms with E-state index >= 15 is 0 Å². The summed E-state index contributed by atoms with van der Waals surface area (Å²) in [6, 6.07) is 8.42. The molecule has 0 aliphatic rings. The number of hydrogen-bond acceptors (Lipinski definition) is 5. The van der Waals surface area contributed by atoms with Gasteiger partial charge in [-0.2, -0.15) is 5.10 Å². The third kappa shape index (κ3) is 8.92. The van der Waals surface area contributed by atoms with Crippen LogP contribution in [0.1, 0.15) is 57.6 Å². The Morgan fingerprint density at radius 1 is 1.21 bits per heavy atom. The number of anilines is 1. The molecule has 186 valence electrons. The lowest BCUT2D eigenvalue weighted by Gasteiger charge is -2.16. The number of hydrogen-bond donors (Lipinski definition) is 2. The number of aryl methyl sites for hydroxylation is 1. The summed E-state index contributed by atoms with van der Waals surface area (Å²) < 4.78 is 1.94. The fourth-order valence-electron chi connectivity index (χ4n) is 3.87. The van der Waals surface area contributed by atoms with Gasteiger partial charge in [0.05, 0.1) is 24.3 Å². The molecule has 1 aromatic carbocycles. The molecule has 1 aromatic heterocycles. The number of benzene rings is 1. The van der Waals surface area contributed by atoms with Crippen LogP contribution >= 0.6 is 0 Å². The summed E-state index contributed by atoms with van der Waals surface area (Å²) >= 11 is 0. The average Bonchev–Trinajstić information content (AvgIpc) is 3.22. The number of aromatic nitrogens is 2. The van der Waals surface area contributed by atoms with Gasteiger partial charge < -0.3 is 10.2 Å². The third-order valence-electron chi connectivity index (χ3n) is 5.85. The molecule has 6 heteroatoms. The van der Waals surface area contributed by atoms with Gasteiger partial charge in [0, 0.05) is 13.6 Å². The average molecular weight is 465 g/mol. The largest absolute Gasteiger partial charge is 0.384 e. The molecule has 0 bridgehead atoms. The summed E-state index contributed by atoms with van der Waals surface area (Å²) in [7, 11) is 4.11. The van der Waals surface area contributed by atoms with Crippen molar-refractivity contribution in [1.82, 2.24) is 20.0 Å². The lowest BCUT2D eigenvalue weighted by molar-refractivity contribution is 0.330. The summed E-state index contributed by atoms with van der Waals surface area (Å²) in [5.41, 5.74) is 5.81. The van der Waals surface area contributed by atoms with E-state index < -0.39 is 0 Å². The summed E-state index contributed by atoms with van der Waals surface area (Å²) in [5, 5.41) is 11.3. The van der Waals surface area contributed by atoms with Gasteiger partial charge in [0.1, 0.15) is 0 Å². The number of aliphatic imine (C=N–C) groups is 1. The fraction of sp³-hybridized carbons (Fsp3) is 0.500. The van der Waals surface area contributed by atoms with Crippen molar-refractivity contribution >= 4 is 17.2 Å². The normalized spacial score (nSPS) is 12.8. The molecule has 1 heterocycles. The van der Waals surface area contributed by atoms with Gasteiger partial charge in [-0.15, -0.1) is 0 Å². The van der Waals surface area contributed by atoms with Crippen molar-refractivity contribution in [3.63, 3.8) is 0 Å². The third-order valence-corrected chi connectivity index (χ3v) is 5.85. The molecule has 0 amide bonds. The van der Waals surface area contributed by atoms with Crippen molar-refractivity contribution in [2.45, 2.75) is 60.0 Å². The first-order chi connectivity index (χ1) is 16.5. The quantitative estimate of drug-likeness (QED) is 0.195. The molecule has 34 heavy (non-hydrogen) atoms. The van der Waals surface area contributed by atoms with E-state index in [1.807, 2.05) is 17.9 Å². The van der Waals surface area contributed by atoms with Gasteiger partial charge in [-0.05, 0) is 70.8 Å². The summed E-state index contributed by atoms with van der Waals surface area (Å²) in [5.74, 6) is 0.867. The highest BCUT2D eigenvalue weighted by molar-refractivity contribution is 6.03. The zero-order valence-electron chi connectivity index (χ0n) is 22.1. The van der Waals surface area contributed by atoms with E-state index in [0.717, 1.165) is 62.5 Å². The molecule has 2 N–H and O–H groups in total. The summed E-state index contributed by atoms with van der Waals surface area (Å²) in [6.07, 6.45) is 12.7. The molecule has 0 unspecified atom stereocenters. The van der Waals surface area contributed by atoms with Crippen molar-refractivity contribution in [3.05, 3.63) is 65.4 Å². The van der Waals surface area contributed by atoms with Crippen LogP contribution in [0.3, 0.4) is 0 Å². The molecule has 0 radical (unpaired) electrons. The molecule has 0 fully saturated rings. The van der Waals surface area contributed by atoms with Crippen LogP contribution in [0.25, 0.3) is 0 Å². The van der Waals surface area contributed by atoms with Crippen LogP contribution in [0.15, 0.2) is 59.3 Å². The maximum Gasteiger partial charge on any atom is 0.175 e. The molecule has 0 aliphatic carbocycles. The van der Waals surface area contributed by atoms with Crippen molar-refractivity contribution in [3.8, 4) is 0 Å². The molecular formula is C28H44N6. The van der Waals surface area contributed by atoms with Crippen LogP contribution in [-0.4, -0.2) is 54.1 Å². The van der Waals surface area contributed by atoms with E-state index in [0.29, 0.717) is 6.67 Å². The monoisotopic (exact) mass is 464 g/mol. The number of rotatable bonds is 15. The minimum atomic E-state index is 0.640. The lowest BCUT2D eigenvalue weighted by atomic mass is 10.0. The molecule has 0 aliphatic heterocycles. The van der Waals surface area contributed by atoms with Crippen LogP contribution < -0.4 is 10.6 Å². The van der Waals surface area contributed by atoms with Crippen LogP contribution in [0.2, 0.25) is 0 Å². The van der Waals surface area contributed by atoms with Crippen LogP contribution in [0, 0.1) is 6.92 Å². The summed E-state index contributed by atoms with van der Waals surface area (Å²) in [6.45, 7) is 12.4. The van der Waals surface area contributed by atoms with Gasteiger partial charge >= 0.3 is 0 Å². The highest BCUT2D eigenvalue weighted by atomic mass is 15.4. The Bertz CT molecular complexity index is 954. The van der Waals surface area contributed by atoms with E-state index in [1.54, 1.807) is 0 Å². The SMILES string of the molecule is CC/C=C(C)\C=C/CCN(C)CCCNCn1ncc(NC)c1/N=C(\CC)c1ccccc1C. The van der Waals surface area contributed by atoms with Gasteiger partial charge in [0.2, 0.25) is 0 Å². The van der Waals surface area contributed by atoms with Gasteiger partial charge in [0.25, 0.3) is 0 Å². The molecular weight excluding hydrogens is 420 g/mol. The molecule has 0 atom stereocenters. The Labute approximate surface area is 206 Å². The Kier molecular flexibility index (Phi) is 12.4. The lowest BCUT2D eigenvalue weighted by Crippen LogP contribution is -2.26. The summed E-state index contributed by atoms with van der Waals surface area (Å²) in [4.78, 5) is 7.42. The predicted octanol–water partition coefficient (Wildman–Crippen LogP) is 5.94. The van der Waals surface area contributed by atoms with E-state index in [-0.39, 0.29) is 0 Å². The van der Waals surface area contributed by atoms with Gasteiger partial charge in [0.15, 0.2) is 5.82 Å². The zero-order valence-corrected chi connectivity index (χ0v) is 22.1. The first-order valence-electron chi connectivity index (χ1n) is 12.6. The number of nitrogens with zero attached hydrogens (tertiary/aromatic N) is 4. The molecule has 0 spiro atoms. The Balaban J connectivity index is 1.86. The maximum absolute atomic E-state index is 5.03. The first-order valence-corrected chi connectivity index (χ1v) is 12.6. The van der Waals surface area contributed by atoms with E-state index in [9.17, 15) is 0 Å². The Morgan fingerprint density at radius 3 is 2.71 bits per heavy atom. The van der Waals surface area contributed by atoms with E-state index in [2.05, 4.69) is 97.9 Å². The molecule has 6 nitrogen and oxygen atoms in total. The van der Waals surface area contributed by atoms with Gasteiger partial charge in [-0.1, -0.05) is 61.9 Å². The van der Waals surface area contributed by atoms with E-state index in [1.165, 1.54) is 16.7 Å². The number of nitrogens with one attached hydrogen (secondary N) is 2. The second-order valence-electron chi connectivity index (χ2n) is 8.72. The van der Waals surface area contributed by atoms with Gasteiger partial charge in [-0.25, -0.2) is 9.67 Å². The molecule has 2 rings (SSSR count). The highest BCUT2D eigenvalue weighted by Crippen LogP contribution is 2.26. The Morgan fingerprint density at radius 2 is 2.00 bits per heavy atom. The Hall–Kier alpha value is -2.70. The van der Waals surface area contributed by atoms with Crippen molar-refractivity contribution in [2.24, 2.45) is 4.99 Å². The highest BCUT2D eigenvalue weighted by Gasteiger charge is 2.12. The zero-order chi connectivity index (χ0) is 24.8. The number of allylic oxidation sites excluding steroid dienone is 3. The minimum Gasteiger partial charge on any atom is -0.384 e. The van der Waals surface area contributed by atoms with E-state index in [4.69, 9.17) is 4.99 Å². The topological polar surface area (TPSA) is 57.5 Å². The second-order valence-corrected chi connectivity index (χ2v) is 8.72. The van der Waals surface area contributed by atoms with Crippen molar-refractivity contribution < 1.29 is 0 Å². The van der Waals surface area contributed by atoms with Crippen LogP contribution in [0.5, 0.6) is 0 Å². The smallest absolute Gasteiger partial charge is 0.175 e. The molecule has 0 saturated carbocycles. The minimum absolute atomic E-state index is 0.640. The van der Waals surface area contributed by atoms with Crippen molar-refractivity contribution in [2.75, 3.05) is 39.0 Å². The first kappa shape index (κ1) is 27.5. The maximum atomic E-state index is 5.03. The van der Waals surface area contributed by atoms with Gasteiger partial charge in [-0.3, -0.25) is 5.32 Å².